The molecule has 0 radical (unpaired) electrons. The largest absolute Gasteiger partial charge is 0.347 e. The molecule has 0 bridgehead atoms. The lowest BCUT2D eigenvalue weighted by molar-refractivity contribution is 0.0955. The van der Waals surface area contributed by atoms with Gasteiger partial charge in [-0.2, -0.15) is 0 Å². The fourth-order valence-corrected chi connectivity index (χ4v) is 3.48. The van der Waals surface area contributed by atoms with Gasteiger partial charge in [0.2, 0.25) is 0 Å². The molecule has 0 saturated heterocycles. The summed E-state index contributed by atoms with van der Waals surface area (Å²) in [5.41, 5.74) is 3.04. The fourth-order valence-electron chi connectivity index (χ4n) is 2.55. The Hall–Kier alpha value is -2.92. The third kappa shape index (κ3) is 2.94. The van der Waals surface area contributed by atoms with Crippen LogP contribution in [-0.2, 0) is 6.54 Å². The highest BCUT2D eigenvalue weighted by Crippen LogP contribution is 2.27. The maximum atomic E-state index is 12.4. The highest BCUT2D eigenvalue weighted by molar-refractivity contribution is 7.17. The average molecular weight is 333 g/mol. The molecule has 1 aromatic carbocycles. The second kappa shape index (κ2) is 6.29. The Morgan fingerprint density at radius 1 is 1.08 bits per heavy atom. The molecule has 4 nitrogen and oxygen atoms in total. The minimum atomic E-state index is -0.0506. The van der Waals surface area contributed by atoms with Gasteiger partial charge in [0.05, 0.1) is 4.88 Å². The molecule has 0 fully saturated rings. The van der Waals surface area contributed by atoms with Crippen molar-refractivity contribution >= 4 is 22.9 Å². The molecule has 3 aromatic heterocycles. The number of benzene rings is 1. The molecule has 3 heterocycles. The number of carbonyl (C=O) groups excluding carboxylic acids is 1. The molecule has 24 heavy (non-hydrogen) atoms. The van der Waals surface area contributed by atoms with Gasteiger partial charge in [0, 0.05) is 30.0 Å². The van der Waals surface area contributed by atoms with Crippen LogP contribution in [0, 0.1) is 0 Å². The van der Waals surface area contributed by atoms with Crippen molar-refractivity contribution in [2.75, 3.05) is 0 Å². The van der Waals surface area contributed by atoms with Crippen molar-refractivity contribution in [3.8, 4) is 10.4 Å². The van der Waals surface area contributed by atoms with Gasteiger partial charge in [0.15, 0.2) is 0 Å². The summed E-state index contributed by atoms with van der Waals surface area (Å²) in [6.45, 7) is 0.487. The number of hydrogen-bond acceptors (Lipinski definition) is 3. The summed E-state index contributed by atoms with van der Waals surface area (Å²) in [5, 5.41) is 2.97. The standard InChI is InChI=1S/C19H15N3OS/c23-19(17-7-6-16(24-17)15-4-2-1-3-5-15)21-13-14-8-10-22-11-9-20-18(22)12-14/h1-12H,13H2,(H,21,23). The van der Waals surface area contributed by atoms with E-state index >= 15 is 0 Å². The lowest BCUT2D eigenvalue weighted by atomic mass is 10.2. The van der Waals surface area contributed by atoms with E-state index in [0.717, 1.165) is 26.5 Å². The van der Waals surface area contributed by atoms with Crippen molar-refractivity contribution in [3.05, 3.63) is 83.6 Å². The van der Waals surface area contributed by atoms with E-state index in [2.05, 4.69) is 10.3 Å². The third-order valence-corrected chi connectivity index (χ3v) is 4.94. The van der Waals surface area contributed by atoms with Crippen LogP contribution in [0.4, 0.5) is 0 Å². The molecule has 4 aromatic rings. The van der Waals surface area contributed by atoms with Crippen LogP contribution in [-0.4, -0.2) is 15.3 Å². The predicted molar refractivity (Wildman–Crippen MR) is 96.1 cm³/mol. The summed E-state index contributed by atoms with van der Waals surface area (Å²) in [6, 6.07) is 17.9. The van der Waals surface area contributed by atoms with Gasteiger partial charge in [0.25, 0.3) is 5.91 Å². The molecule has 0 aliphatic rings. The van der Waals surface area contributed by atoms with Crippen LogP contribution < -0.4 is 5.32 Å². The number of imidazole rings is 1. The predicted octanol–water partition coefficient (Wildman–Crippen LogP) is 3.99. The molecule has 0 aliphatic heterocycles. The SMILES string of the molecule is O=C(NCc1ccn2ccnc2c1)c1ccc(-c2ccccc2)s1. The number of thiophene rings is 1. The first-order chi connectivity index (χ1) is 11.8. The maximum Gasteiger partial charge on any atom is 0.261 e. The van der Waals surface area contributed by atoms with Crippen LogP contribution >= 0.6 is 11.3 Å². The van der Waals surface area contributed by atoms with E-state index in [0.29, 0.717) is 6.54 Å². The molecular formula is C19H15N3OS. The molecule has 118 valence electrons. The molecule has 1 N–H and O–H groups in total. The molecule has 5 heteroatoms. The summed E-state index contributed by atoms with van der Waals surface area (Å²) in [6.07, 6.45) is 5.60. The van der Waals surface area contributed by atoms with Gasteiger partial charge < -0.3 is 9.72 Å². The van der Waals surface area contributed by atoms with Gasteiger partial charge in [-0.3, -0.25) is 4.79 Å². The van der Waals surface area contributed by atoms with E-state index in [-0.39, 0.29) is 5.91 Å². The Bertz CT molecular complexity index is 988. The quantitative estimate of drug-likeness (QED) is 0.614. The zero-order chi connectivity index (χ0) is 16.4. The molecule has 0 aliphatic carbocycles. The fraction of sp³-hybridized carbons (Fsp3) is 0.0526. The number of hydrogen-bond donors (Lipinski definition) is 1. The number of nitrogens with zero attached hydrogens (tertiary/aromatic N) is 2. The van der Waals surface area contributed by atoms with Crippen molar-refractivity contribution in [2.45, 2.75) is 6.54 Å². The lowest BCUT2D eigenvalue weighted by Gasteiger charge is -2.04. The summed E-state index contributed by atoms with van der Waals surface area (Å²) in [5.74, 6) is -0.0506. The van der Waals surface area contributed by atoms with Gasteiger partial charge in [-0.25, -0.2) is 4.98 Å². The van der Waals surface area contributed by atoms with Gasteiger partial charge in [0.1, 0.15) is 5.65 Å². The molecule has 0 unspecified atom stereocenters. The Labute approximate surface area is 143 Å². The number of pyridine rings is 1. The van der Waals surface area contributed by atoms with Crippen LogP contribution in [0.25, 0.3) is 16.1 Å². The van der Waals surface area contributed by atoms with Crippen LogP contribution in [0.1, 0.15) is 15.2 Å². The lowest BCUT2D eigenvalue weighted by Crippen LogP contribution is -2.21. The molecular weight excluding hydrogens is 318 g/mol. The van der Waals surface area contributed by atoms with Crippen LogP contribution in [0.15, 0.2) is 73.2 Å². The smallest absolute Gasteiger partial charge is 0.261 e. The van der Waals surface area contributed by atoms with Crippen LogP contribution in [0.5, 0.6) is 0 Å². The van der Waals surface area contributed by atoms with Crippen molar-refractivity contribution < 1.29 is 4.79 Å². The maximum absolute atomic E-state index is 12.4. The van der Waals surface area contributed by atoms with Crippen LogP contribution in [0.2, 0.25) is 0 Å². The monoisotopic (exact) mass is 333 g/mol. The Morgan fingerprint density at radius 3 is 2.83 bits per heavy atom. The topological polar surface area (TPSA) is 46.4 Å². The zero-order valence-corrected chi connectivity index (χ0v) is 13.7. The molecule has 4 rings (SSSR count). The van der Waals surface area contributed by atoms with Crippen molar-refractivity contribution in [1.82, 2.24) is 14.7 Å². The van der Waals surface area contributed by atoms with E-state index < -0.39 is 0 Å². The van der Waals surface area contributed by atoms with E-state index in [1.165, 1.54) is 11.3 Å². The molecule has 0 atom stereocenters. The first kappa shape index (κ1) is 14.7. The number of aromatic nitrogens is 2. The van der Waals surface area contributed by atoms with Gasteiger partial charge >= 0.3 is 0 Å². The van der Waals surface area contributed by atoms with Gasteiger partial charge in [-0.1, -0.05) is 30.3 Å². The Kier molecular flexibility index (Phi) is 3.84. The summed E-state index contributed by atoms with van der Waals surface area (Å²) < 4.78 is 1.94. The van der Waals surface area contributed by atoms with E-state index in [1.807, 2.05) is 71.4 Å². The van der Waals surface area contributed by atoms with Gasteiger partial charge in [-0.05, 0) is 35.4 Å². The van der Waals surface area contributed by atoms with Crippen molar-refractivity contribution in [3.63, 3.8) is 0 Å². The second-order valence-corrected chi connectivity index (χ2v) is 6.52. The number of carbonyl (C=O) groups is 1. The normalized spacial score (nSPS) is 10.8. The first-order valence-electron chi connectivity index (χ1n) is 7.65. The molecule has 1 amide bonds. The highest BCUT2D eigenvalue weighted by Gasteiger charge is 2.10. The summed E-state index contributed by atoms with van der Waals surface area (Å²) in [4.78, 5) is 18.4. The van der Waals surface area contributed by atoms with Gasteiger partial charge in [-0.15, -0.1) is 11.3 Å². The van der Waals surface area contributed by atoms with E-state index in [9.17, 15) is 4.79 Å². The number of nitrogens with one attached hydrogen (secondary N) is 1. The Balaban J connectivity index is 1.45. The molecule has 0 spiro atoms. The number of amides is 1. The minimum absolute atomic E-state index is 0.0506. The Morgan fingerprint density at radius 2 is 1.96 bits per heavy atom. The van der Waals surface area contributed by atoms with Crippen molar-refractivity contribution in [1.29, 1.82) is 0 Å². The average Bonchev–Trinajstić information content (AvgIpc) is 3.29. The first-order valence-corrected chi connectivity index (χ1v) is 8.46. The summed E-state index contributed by atoms with van der Waals surface area (Å²) >= 11 is 1.50. The van der Waals surface area contributed by atoms with Crippen molar-refractivity contribution in [2.24, 2.45) is 0 Å². The van der Waals surface area contributed by atoms with E-state index in [4.69, 9.17) is 0 Å². The number of fused-ring (bicyclic) bond motifs is 1. The number of rotatable bonds is 4. The molecule has 0 saturated carbocycles. The second-order valence-electron chi connectivity index (χ2n) is 5.44. The van der Waals surface area contributed by atoms with E-state index in [1.54, 1.807) is 6.20 Å². The third-order valence-electron chi connectivity index (χ3n) is 3.80. The zero-order valence-electron chi connectivity index (χ0n) is 12.8. The highest BCUT2D eigenvalue weighted by atomic mass is 32.1. The van der Waals surface area contributed by atoms with Crippen LogP contribution in [0.3, 0.4) is 0 Å². The minimum Gasteiger partial charge on any atom is -0.347 e. The summed E-state index contributed by atoms with van der Waals surface area (Å²) in [7, 11) is 0.